The van der Waals surface area contributed by atoms with E-state index in [0.717, 1.165) is 11.5 Å². The summed E-state index contributed by atoms with van der Waals surface area (Å²) in [6.45, 7) is 1.58. The molecule has 0 amide bonds. The molecule has 0 radical (unpaired) electrons. The lowest BCUT2D eigenvalue weighted by Crippen LogP contribution is -2.12. The van der Waals surface area contributed by atoms with Crippen LogP contribution in [0.1, 0.15) is 18.6 Å². The Morgan fingerprint density at radius 3 is 2.83 bits per heavy atom. The molecule has 0 aliphatic rings. The lowest BCUT2D eigenvalue weighted by atomic mass is 10.1. The Balaban J connectivity index is 2.32. The smallest absolute Gasteiger partial charge is 0.262 e. The minimum atomic E-state index is -3.67. The molecule has 0 spiro atoms. The maximum atomic E-state index is 12.0. The van der Waals surface area contributed by atoms with Crippen LogP contribution in [0.5, 0.6) is 0 Å². The van der Waals surface area contributed by atoms with Gasteiger partial charge < -0.3 is 5.11 Å². The van der Waals surface area contributed by atoms with E-state index in [9.17, 15) is 13.5 Å². The van der Waals surface area contributed by atoms with Crippen molar-refractivity contribution < 1.29 is 13.5 Å². The highest BCUT2D eigenvalue weighted by atomic mass is 32.2. The van der Waals surface area contributed by atoms with E-state index >= 15 is 0 Å². The Morgan fingerprint density at radius 2 is 2.22 bits per heavy atom. The summed E-state index contributed by atoms with van der Waals surface area (Å²) in [7, 11) is -3.67. The Bertz CT molecular complexity index is 624. The summed E-state index contributed by atoms with van der Waals surface area (Å²) < 4.78 is 30.0. The third-order valence-electron chi connectivity index (χ3n) is 2.25. The Morgan fingerprint density at radius 1 is 1.44 bits per heavy atom. The predicted molar refractivity (Wildman–Crippen MR) is 67.8 cm³/mol. The van der Waals surface area contributed by atoms with Crippen molar-refractivity contribution in [3.63, 3.8) is 0 Å². The Labute approximate surface area is 109 Å². The van der Waals surface area contributed by atoms with Gasteiger partial charge in [0, 0.05) is 11.5 Å². The molecule has 0 aliphatic carbocycles. The predicted octanol–water partition coefficient (Wildman–Crippen LogP) is 1.39. The maximum Gasteiger partial charge on any atom is 0.262 e. The van der Waals surface area contributed by atoms with Crippen molar-refractivity contribution >= 4 is 26.6 Å². The number of benzene rings is 1. The van der Waals surface area contributed by atoms with Gasteiger partial charge in [0.2, 0.25) is 0 Å². The average molecular weight is 285 g/mol. The number of sulfonamides is 1. The van der Waals surface area contributed by atoms with Crippen LogP contribution in [0.4, 0.5) is 5.00 Å². The first-order chi connectivity index (χ1) is 8.49. The van der Waals surface area contributed by atoms with Crippen LogP contribution in [0.25, 0.3) is 0 Å². The van der Waals surface area contributed by atoms with Crippen molar-refractivity contribution in [2.24, 2.45) is 0 Å². The van der Waals surface area contributed by atoms with E-state index in [1.807, 2.05) is 0 Å². The Kier molecular flexibility index (Phi) is 3.60. The minimum Gasteiger partial charge on any atom is -0.389 e. The second-order valence-electron chi connectivity index (χ2n) is 3.64. The highest BCUT2D eigenvalue weighted by Gasteiger charge is 2.16. The number of nitrogens with one attached hydrogen (secondary N) is 1. The number of nitrogens with zero attached hydrogens (tertiary/aromatic N) is 2. The molecule has 0 bridgehead atoms. The molecule has 2 aromatic rings. The lowest BCUT2D eigenvalue weighted by Gasteiger charge is -2.08. The summed E-state index contributed by atoms with van der Waals surface area (Å²) >= 11 is 0.954. The summed E-state index contributed by atoms with van der Waals surface area (Å²) in [6, 6.07) is 6.14. The van der Waals surface area contributed by atoms with Gasteiger partial charge in [-0.25, -0.2) is 8.42 Å². The highest BCUT2D eigenvalue weighted by Crippen LogP contribution is 2.20. The molecule has 0 aliphatic heterocycles. The quantitative estimate of drug-likeness (QED) is 0.885. The van der Waals surface area contributed by atoms with E-state index in [2.05, 4.69) is 14.3 Å². The van der Waals surface area contributed by atoms with Crippen LogP contribution in [0.2, 0.25) is 0 Å². The second-order valence-corrected chi connectivity index (χ2v) is 6.10. The van der Waals surface area contributed by atoms with Gasteiger partial charge in [-0.3, -0.25) is 4.72 Å². The first-order valence-electron chi connectivity index (χ1n) is 5.07. The number of aromatic nitrogens is 2. The van der Waals surface area contributed by atoms with Crippen LogP contribution in [-0.4, -0.2) is 23.1 Å². The zero-order valence-electron chi connectivity index (χ0n) is 9.44. The minimum absolute atomic E-state index is 0.0919. The number of rotatable bonds is 4. The van der Waals surface area contributed by atoms with E-state index in [1.54, 1.807) is 19.1 Å². The van der Waals surface area contributed by atoms with Crippen molar-refractivity contribution in [2.75, 3.05) is 4.72 Å². The van der Waals surface area contributed by atoms with Crippen LogP contribution < -0.4 is 4.72 Å². The third kappa shape index (κ3) is 2.84. The van der Waals surface area contributed by atoms with E-state index in [0.29, 0.717) is 10.6 Å². The molecule has 0 saturated carbocycles. The monoisotopic (exact) mass is 285 g/mol. The van der Waals surface area contributed by atoms with Crippen molar-refractivity contribution in [2.45, 2.75) is 17.9 Å². The SMILES string of the molecule is CC(O)c1cccc(S(=O)(=O)Nc2cnns2)c1. The van der Waals surface area contributed by atoms with E-state index in [1.165, 1.54) is 18.3 Å². The topological polar surface area (TPSA) is 92.2 Å². The molecule has 96 valence electrons. The molecule has 6 nitrogen and oxygen atoms in total. The molecule has 1 atom stereocenters. The van der Waals surface area contributed by atoms with Gasteiger partial charge in [-0.1, -0.05) is 16.6 Å². The fourth-order valence-corrected chi connectivity index (χ4v) is 3.08. The van der Waals surface area contributed by atoms with Crippen molar-refractivity contribution in [1.82, 2.24) is 9.59 Å². The van der Waals surface area contributed by atoms with Gasteiger partial charge in [0.1, 0.15) is 5.00 Å². The van der Waals surface area contributed by atoms with E-state index in [4.69, 9.17) is 0 Å². The second kappa shape index (κ2) is 5.01. The highest BCUT2D eigenvalue weighted by molar-refractivity contribution is 7.93. The summed E-state index contributed by atoms with van der Waals surface area (Å²) in [4.78, 5) is 0.0919. The first kappa shape index (κ1) is 12.9. The summed E-state index contributed by atoms with van der Waals surface area (Å²) in [6.07, 6.45) is 0.617. The molecule has 18 heavy (non-hydrogen) atoms. The molecular formula is C10H11N3O3S2. The van der Waals surface area contributed by atoms with Gasteiger partial charge in [0.05, 0.1) is 17.2 Å². The summed E-state index contributed by atoms with van der Waals surface area (Å²) in [5.74, 6) is 0. The van der Waals surface area contributed by atoms with Gasteiger partial charge in [0.25, 0.3) is 10.0 Å². The zero-order valence-corrected chi connectivity index (χ0v) is 11.1. The molecule has 1 aromatic heterocycles. The van der Waals surface area contributed by atoms with Crippen molar-refractivity contribution in [3.05, 3.63) is 36.0 Å². The summed E-state index contributed by atoms with van der Waals surface area (Å²) in [5, 5.41) is 13.3. The zero-order chi connectivity index (χ0) is 13.2. The largest absolute Gasteiger partial charge is 0.389 e. The average Bonchev–Trinajstić information content (AvgIpc) is 2.81. The van der Waals surface area contributed by atoms with Crippen molar-refractivity contribution in [1.29, 1.82) is 0 Å². The standard InChI is InChI=1S/C10H11N3O3S2/c1-7(14)8-3-2-4-9(5-8)18(15,16)12-10-6-11-13-17-10/h2-7,12,14H,1H3. The molecule has 1 heterocycles. The van der Waals surface area contributed by atoms with Gasteiger partial charge in [-0.05, 0) is 24.6 Å². The van der Waals surface area contributed by atoms with Crippen molar-refractivity contribution in [3.8, 4) is 0 Å². The first-order valence-corrected chi connectivity index (χ1v) is 7.33. The van der Waals surface area contributed by atoms with Crippen LogP contribution in [0.15, 0.2) is 35.4 Å². The lowest BCUT2D eigenvalue weighted by molar-refractivity contribution is 0.199. The van der Waals surface area contributed by atoms with Crippen LogP contribution in [-0.2, 0) is 10.0 Å². The van der Waals surface area contributed by atoms with Crippen LogP contribution >= 0.6 is 11.5 Å². The molecule has 0 saturated heterocycles. The molecule has 2 rings (SSSR count). The van der Waals surface area contributed by atoms with Gasteiger partial charge in [-0.2, -0.15) is 0 Å². The number of anilines is 1. The Hall–Kier alpha value is -1.51. The molecule has 0 fully saturated rings. The van der Waals surface area contributed by atoms with Gasteiger partial charge in [0.15, 0.2) is 0 Å². The number of hydrogen-bond donors (Lipinski definition) is 2. The molecular weight excluding hydrogens is 274 g/mol. The maximum absolute atomic E-state index is 12.0. The normalized spacial score (nSPS) is 13.2. The van der Waals surface area contributed by atoms with E-state index < -0.39 is 16.1 Å². The number of hydrogen-bond acceptors (Lipinski definition) is 6. The van der Waals surface area contributed by atoms with E-state index in [-0.39, 0.29) is 4.90 Å². The summed E-state index contributed by atoms with van der Waals surface area (Å²) in [5.41, 5.74) is 0.542. The third-order valence-corrected chi connectivity index (χ3v) is 4.32. The fraction of sp³-hybridized carbons (Fsp3) is 0.200. The van der Waals surface area contributed by atoms with Crippen LogP contribution in [0, 0.1) is 0 Å². The molecule has 8 heteroatoms. The van der Waals surface area contributed by atoms with Gasteiger partial charge >= 0.3 is 0 Å². The molecule has 2 N–H and O–H groups in total. The van der Waals surface area contributed by atoms with Gasteiger partial charge in [-0.15, -0.1) is 5.10 Å². The molecule has 1 aromatic carbocycles. The fourth-order valence-electron chi connectivity index (χ4n) is 1.35. The number of aliphatic hydroxyl groups is 1. The number of aliphatic hydroxyl groups excluding tert-OH is 1. The molecule has 1 unspecified atom stereocenters. The van der Waals surface area contributed by atoms with Crippen LogP contribution in [0.3, 0.4) is 0 Å².